The number of hydrogen-bond donors (Lipinski definition) is 0. The van der Waals surface area contributed by atoms with Crippen molar-refractivity contribution in [1.82, 2.24) is 14.8 Å². The molecule has 25 heavy (non-hydrogen) atoms. The molecule has 1 aromatic heterocycles. The summed E-state index contributed by atoms with van der Waals surface area (Å²) >= 11 is 7.33. The topological polar surface area (TPSA) is 62.7 Å². The summed E-state index contributed by atoms with van der Waals surface area (Å²) in [5.41, 5.74) is -0.516. The van der Waals surface area contributed by atoms with Crippen LogP contribution in [0.15, 0.2) is 6.20 Å². The van der Waals surface area contributed by atoms with Gasteiger partial charge in [-0.1, -0.05) is 11.6 Å². The summed E-state index contributed by atoms with van der Waals surface area (Å²) in [6.07, 6.45) is 3.56. The minimum absolute atomic E-state index is 0.0311. The average Bonchev–Trinajstić information content (AvgIpc) is 3.02. The van der Waals surface area contributed by atoms with Gasteiger partial charge in [0.1, 0.15) is 14.9 Å². The van der Waals surface area contributed by atoms with Gasteiger partial charge in [0.2, 0.25) is 5.91 Å². The molecule has 3 rings (SSSR count). The maximum atomic E-state index is 12.4. The predicted molar refractivity (Wildman–Crippen MR) is 96.6 cm³/mol. The normalized spacial score (nSPS) is 20.4. The van der Waals surface area contributed by atoms with Crippen LogP contribution in [0.5, 0.6) is 0 Å². The zero-order valence-corrected chi connectivity index (χ0v) is 16.5. The first-order chi connectivity index (χ1) is 11.7. The summed E-state index contributed by atoms with van der Waals surface area (Å²) in [7, 11) is 0. The van der Waals surface area contributed by atoms with Crippen LogP contribution in [0.2, 0.25) is 4.34 Å². The summed E-state index contributed by atoms with van der Waals surface area (Å²) in [5, 5.41) is 0.863. The van der Waals surface area contributed by atoms with E-state index >= 15 is 0 Å². The first kappa shape index (κ1) is 18.5. The standard InChI is InChI=1S/C17H24ClN3O3S/c1-16(2,3)24-15(23)20-6-4-17(5-7-20)8-14(22)21(11-17)10-13-19-9-12(18)25-13/h9H,4-8,10-11H2,1-3H3. The number of likely N-dealkylation sites (tertiary alicyclic amines) is 2. The molecule has 2 aliphatic rings. The summed E-state index contributed by atoms with van der Waals surface area (Å²) in [4.78, 5) is 32.5. The Bertz CT molecular complexity index is 662. The van der Waals surface area contributed by atoms with E-state index in [0.717, 1.165) is 24.4 Å². The number of carbonyl (C=O) groups is 2. The Kier molecular flexibility index (Phi) is 4.99. The second-order valence-corrected chi connectivity index (χ2v) is 9.70. The van der Waals surface area contributed by atoms with Gasteiger partial charge < -0.3 is 14.5 Å². The molecule has 2 aliphatic heterocycles. The third-order valence-corrected chi connectivity index (χ3v) is 5.83. The van der Waals surface area contributed by atoms with Gasteiger partial charge in [-0.05, 0) is 33.6 Å². The number of carbonyl (C=O) groups excluding carboxylic acids is 2. The van der Waals surface area contributed by atoms with E-state index in [1.807, 2.05) is 25.7 Å². The van der Waals surface area contributed by atoms with Crippen molar-refractivity contribution in [3.05, 3.63) is 15.5 Å². The molecule has 1 aromatic rings. The van der Waals surface area contributed by atoms with Gasteiger partial charge in [0.15, 0.2) is 0 Å². The fourth-order valence-electron chi connectivity index (χ4n) is 3.48. The molecule has 3 heterocycles. The van der Waals surface area contributed by atoms with Gasteiger partial charge in [-0.15, -0.1) is 11.3 Å². The second-order valence-electron chi connectivity index (χ2n) is 7.95. The molecule has 0 radical (unpaired) electrons. The Morgan fingerprint density at radius 2 is 2.08 bits per heavy atom. The summed E-state index contributed by atoms with van der Waals surface area (Å²) in [6, 6.07) is 0. The zero-order valence-electron chi connectivity index (χ0n) is 14.9. The lowest BCUT2D eigenvalue weighted by molar-refractivity contribution is -0.128. The molecular weight excluding hydrogens is 362 g/mol. The van der Waals surface area contributed by atoms with E-state index in [-0.39, 0.29) is 17.4 Å². The summed E-state index contributed by atoms with van der Waals surface area (Å²) in [5.74, 6) is 0.164. The van der Waals surface area contributed by atoms with Crippen LogP contribution in [0.25, 0.3) is 0 Å². The number of ether oxygens (including phenoxy) is 1. The molecule has 8 heteroatoms. The van der Waals surface area contributed by atoms with Crippen LogP contribution >= 0.6 is 22.9 Å². The lowest BCUT2D eigenvalue weighted by Crippen LogP contribution is -2.46. The maximum Gasteiger partial charge on any atom is 0.410 e. The Hall–Kier alpha value is -1.34. The van der Waals surface area contributed by atoms with Crippen molar-refractivity contribution in [1.29, 1.82) is 0 Å². The molecule has 2 fully saturated rings. The van der Waals surface area contributed by atoms with Crippen LogP contribution < -0.4 is 0 Å². The average molecular weight is 386 g/mol. The number of thiazole rings is 1. The second kappa shape index (κ2) is 6.76. The van der Waals surface area contributed by atoms with E-state index in [0.29, 0.717) is 30.4 Å². The van der Waals surface area contributed by atoms with Crippen molar-refractivity contribution in [3.63, 3.8) is 0 Å². The molecule has 0 saturated carbocycles. The third kappa shape index (κ3) is 4.44. The smallest absolute Gasteiger partial charge is 0.410 e. The van der Waals surface area contributed by atoms with Gasteiger partial charge in [-0.2, -0.15) is 0 Å². The highest BCUT2D eigenvalue weighted by Crippen LogP contribution is 2.42. The molecule has 0 unspecified atom stereocenters. The van der Waals surface area contributed by atoms with Crippen molar-refractivity contribution in [2.45, 2.75) is 52.2 Å². The molecule has 1 spiro atoms. The highest BCUT2D eigenvalue weighted by atomic mass is 35.5. The van der Waals surface area contributed by atoms with Crippen LogP contribution in [0.1, 0.15) is 45.0 Å². The Morgan fingerprint density at radius 1 is 1.40 bits per heavy atom. The van der Waals surface area contributed by atoms with E-state index < -0.39 is 5.60 Å². The van der Waals surface area contributed by atoms with E-state index in [1.54, 1.807) is 11.1 Å². The van der Waals surface area contributed by atoms with Crippen LogP contribution in [-0.4, -0.2) is 52.0 Å². The number of aromatic nitrogens is 1. The van der Waals surface area contributed by atoms with Gasteiger partial charge in [-0.25, -0.2) is 9.78 Å². The van der Waals surface area contributed by atoms with Gasteiger partial charge in [0, 0.05) is 31.5 Å². The van der Waals surface area contributed by atoms with Crippen LogP contribution in [0, 0.1) is 5.41 Å². The monoisotopic (exact) mass is 385 g/mol. The summed E-state index contributed by atoms with van der Waals surface area (Å²) < 4.78 is 6.08. The first-order valence-corrected chi connectivity index (χ1v) is 9.71. The van der Waals surface area contributed by atoms with E-state index in [4.69, 9.17) is 16.3 Å². The maximum absolute atomic E-state index is 12.4. The van der Waals surface area contributed by atoms with Crippen LogP contribution in [0.4, 0.5) is 4.79 Å². The largest absolute Gasteiger partial charge is 0.444 e. The minimum atomic E-state index is -0.485. The Labute approximate surface area is 157 Å². The lowest BCUT2D eigenvalue weighted by atomic mass is 9.78. The summed E-state index contributed by atoms with van der Waals surface area (Å²) in [6.45, 7) is 8.13. The molecular formula is C17H24ClN3O3S. The number of piperidine rings is 1. The third-order valence-electron chi connectivity index (χ3n) is 4.73. The van der Waals surface area contributed by atoms with Crippen LogP contribution in [0.3, 0.4) is 0 Å². The quantitative estimate of drug-likeness (QED) is 0.781. The van der Waals surface area contributed by atoms with Crippen molar-refractivity contribution >= 4 is 34.9 Å². The number of hydrogen-bond acceptors (Lipinski definition) is 5. The van der Waals surface area contributed by atoms with Crippen molar-refractivity contribution < 1.29 is 14.3 Å². The highest BCUT2D eigenvalue weighted by molar-refractivity contribution is 7.15. The van der Waals surface area contributed by atoms with Crippen molar-refractivity contribution in [2.24, 2.45) is 5.41 Å². The Morgan fingerprint density at radius 3 is 2.64 bits per heavy atom. The lowest BCUT2D eigenvalue weighted by Gasteiger charge is -2.39. The predicted octanol–water partition coefficient (Wildman–Crippen LogP) is 3.55. The number of nitrogens with zero attached hydrogens (tertiary/aromatic N) is 3. The van der Waals surface area contributed by atoms with Gasteiger partial charge in [-0.3, -0.25) is 4.79 Å². The van der Waals surface area contributed by atoms with Gasteiger partial charge in [0.05, 0.1) is 12.7 Å². The van der Waals surface area contributed by atoms with Crippen molar-refractivity contribution in [2.75, 3.05) is 19.6 Å². The fourth-order valence-corrected chi connectivity index (χ4v) is 4.45. The van der Waals surface area contributed by atoms with Gasteiger partial charge >= 0.3 is 6.09 Å². The minimum Gasteiger partial charge on any atom is -0.444 e. The molecule has 0 bridgehead atoms. The van der Waals surface area contributed by atoms with Crippen molar-refractivity contribution in [3.8, 4) is 0 Å². The van der Waals surface area contributed by atoms with E-state index in [1.165, 1.54) is 11.3 Å². The Balaban J connectivity index is 1.56. The van der Waals surface area contributed by atoms with E-state index in [9.17, 15) is 9.59 Å². The van der Waals surface area contributed by atoms with Crippen LogP contribution in [-0.2, 0) is 16.1 Å². The number of rotatable bonds is 2. The first-order valence-electron chi connectivity index (χ1n) is 8.52. The number of halogens is 1. The molecule has 2 saturated heterocycles. The molecule has 0 N–H and O–H groups in total. The molecule has 138 valence electrons. The van der Waals surface area contributed by atoms with Gasteiger partial charge in [0.25, 0.3) is 0 Å². The molecule has 0 aromatic carbocycles. The fraction of sp³-hybridized carbons (Fsp3) is 0.706. The molecule has 6 nitrogen and oxygen atoms in total. The molecule has 2 amide bonds. The molecule has 0 aliphatic carbocycles. The highest BCUT2D eigenvalue weighted by Gasteiger charge is 2.45. The zero-order chi connectivity index (χ0) is 18.2. The molecule has 0 atom stereocenters. The van der Waals surface area contributed by atoms with E-state index in [2.05, 4.69) is 4.98 Å². The number of amides is 2. The SMILES string of the molecule is CC(C)(C)OC(=O)N1CCC2(CC1)CC(=O)N(Cc1ncc(Cl)s1)C2.